The number of ether oxygens (including phenoxy) is 2. The molecule has 0 heterocycles. The van der Waals surface area contributed by atoms with E-state index in [4.69, 9.17) is 4.74 Å². The Hall–Kier alpha value is -2.55. The lowest BCUT2D eigenvalue weighted by Crippen LogP contribution is -2.38. The van der Waals surface area contributed by atoms with Crippen LogP contribution in [0, 0.1) is 29.3 Å². The topological polar surface area (TPSA) is 18.5 Å². The van der Waals surface area contributed by atoms with Crippen molar-refractivity contribution in [1.82, 2.24) is 0 Å². The molecule has 2 aromatic rings. The molecular weight excluding hydrogens is 501 g/mol. The summed E-state index contributed by atoms with van der Waals surface area (Å²) in [4.78, 5) is 0. The van der Waals surface area contributed by atoms with E-state index in [0.29, 0.717) is 69.1 Å². The van der Waals surface area contributed by atoms with Crippen LogP contribution in [0.3, 0.4) is 0 Å². The first-order chi connectivity index (χ1) is 17.5. The van der Waals surface area contributed by atoms with Crippen molar-refractivity contribution in [2.75, 3.05) is 0 Å². The smallest absolute Gasteiger partial charge is 0.429 e. The van der Waals surface area contributed by atoms with Gasteiger partial charge in [0, 0.05) is 6.07 Å². The van der Waals surface area contributed by atoms with Crippen molar-refractivity contribution >= 4 is 0 Å². The average Bonchev–Trinajstić information content (AvgIpc) is 2.86. The predicted molar refractivity (Wildman–Crippen MR) is 124 cm³/mol. The molecule has 0 amide bonds. The van der Waals surface area contributed by atoms with Gasteiger partial charge < -0.3 is 9.47 Å². The van der Waals surface area contributed by atoms with Gasteiger partial charge in [-0.3, -0.25) is 0 Å². The molecule has 2 aliphatic rings. The number of alkyl halides is 4. The highest BCUT2D eigenvalue weighted by atomic mass is 19.3. The molecule has 0 bridgehead atoms. The maximum absolute atomic E-state index is 14.7. The molecule has 37 heavy (non-hydrogen) atoms. The van der Waals surface area contributed by atoms with Gasteiger partial charge in [-0.2, -0.15) is 17.6 Å². The van der Waals surface area contributed by atoms with Crippen molar-refractivity contribution in [2.24, 2.45) is 11.8 Å². The quantitative estimate of drug-likeness (QED) is 0.251. The van der Waals surface area contributed by atoms with Gasteiger partial charge in [-0.15, -0.1) is 6.58 Å². The van der Waals surface area contributed by atoms with Crippen LogP contribution in [0.2, 0.25) is 0 Å². The zero-order chi connectivity index (χ0) is 26.8. The van der Waals surface area contributed by atoms with Crippen LogP contribution in [0.5, 0.6) is 5.75 Å². The van der Waals surface area contributed by atoms with Crippen molar-refractivity contribution in [3.05, 3.63) is 77.6 Å². The minimum absolute atomic E-state index is 0.194. The molecule has 0 unspecified atom stereocenters. The normalized spacial score (nSPS) is 25.1. The Labute approximate surface area is 211 Å². The monoisotopic (exact) mass is 530 g/mol. The molecule has 0 radical (unpaired) electrons. The Kier molecular flexibility index (Phi) is 8.21. The van der Waals surface area contributed by atoms with Crippen LogP contribution < -0.4 is 4.74 Å². The van der Waals surface area contributed by atoms with Gasteiger partial charge in [0.25, 0.3) is 0 Å². The first-order valence-corrected chi connectivity index (χ1v) is 12.5. The molecule has 0 aromatic heterocycles. The molecule has 0 N–H and O–H groups in total. The SMILES string of the molecule is C=CC1CCC(C(F)(F)OC2CCC(c3ccc(C(F)(F)Oc4ccc(F)c(F)c4)c(F)c3)CC2)CC1. The Morgan fingerprint density at radius 2 is 1.43 bits per heavy atom. The maximum Gasteiger partial charge on any atom is 0.429 e. The minimum atomic E-state index is -4.13. The fourth-order valence-electron chi connectivity index (χ4n) is 5.29. The fraction of sp³-hybridized carbons (Fsp3) is 0.500. The molecule has 0 spiro atoms. The highest BCUT2D eigenvalue weighted by molar-refractivity contribution is 5.31. The fourth-order valence-corrected chi connectivity index (χ4v) is 5.29. The summed E-state index contributed by atoms with van der Waals surface area (Å²) < 4.78 is 109. The van der Waals surface area contributed by atoms with E-state index >= 15 is 0 Å². The van der Waals surface area contributed by atoms with Gasteiger partial charge in [-0.25, -0.2) is 13.2 Å². The van der Waals surface area contributed by atoms with E-state index in [-0.39, 0.29) is 11.8 Å². The number of halogens is 7. The largest absolute Gasteiger partial charge is 0.429 e. The minimum Gasteiger partial charge on any atom is -0.429 e. The summed E-state index contributed by atoms with van der Waals surface area (Å²) in [5.74, 6) is -5.22. The maximum atomic E-state index is 14.7. The van der Waals surface area contributed by atoms with E-state index in [1.807, 2.05) is 6.08 Å². The van der Waals surface area contributed by atoms with Gasteiger partial charge in [0.15, 0.2) is 11.6 Å². The second-order valence-corrected chi connectivity index (χ2v) is 9.93. The third kappa shape index (κ3) is 6.48. The summed E-state index contributed by atoms with van der Waals surface area (Å²) in [6.07, 6.45) is -2.45. The van der Waals surface area contributed by atoms with Crippen LogP contribution in [-0.4, -0.2) is 12.2 Å². The average molecular weight is 531 g/mol. The molecule has 2 fully saturated rings. The van der Waals surface area contributed by atoms with E-state index in [9.17, 15) is 30.7 Å². The Balaban J connectivity index is 1.34. The van der Waals surface area contributed by atoms with E-state index in [2.05, 4.69) is 11.3 Å². The number of rotatable bonds is 8. The lowest BCUT2D eigenvalue weighted by molar-refractivity contribution is -0.301. The molecule has 2 aromatic carbocycles. The van der Waals surface area contributed by atoms with Gasteiger partial charge in [0.05, 0.1) is 17.6 Å². The Morgan fingerprint density at radius 1 is 0.757 bits per heavy atom. The van der Waals surface area contributed by atoms with Crippen molar-refractivity contribution in [3.8, 4) is 5.75 Å². The molecule has 202 valence electrons. The number of allylic oxidation sites excluding steroid dienone is 1. The molecule has 2 nitrogen and oxygen atoms in total. The lowest BCUT2D eigenvalue weighted by atomic mass is 9.80. The first-order valence-electron chi connectivity index (χ1n) is 12.5. The van der Waals surface area contributed by atoms with Gasteiger partial charge >= 0.3 is 12.2 Å². The van der Waals surface area contributed by atoms with Crippen LogP contribution in [0.25, 0.3) is 0 Å². The summed E-state index contributed by atoms with van der Waals surface area (Å²) in [6.45, 7) is 3.73. The van der Waals surface area contributed by atoms with Crippen LogP contribution >= 0.6 is 0 Å². The number of hydrogen-bond acceptors (Lipinski definition) is 2. The van der Waals surface area contributed by atoms with Gasteiger partial charge in [-0.05, 0) is 93.0 Å². The van der Waals surface area contributed by atoms with E-state index in [1.165, 1.54) is 6.07 Å². The van der Waals surface area contributed by atoms with Crippen LogP contribution in [-0.2, 0) is 10.8 Å². The van der Waals surface area contributed by atoms with E-state index in [0.717, 1.165) is 18.2 Å². The molecule has 0 atom stereocenters. The van der Waals surface area contributed by atoms with Gasteiger partial charge in [0.2, 0.25) is 0 Å². The van der Waals surface area contributed by atoms with E-state index < -0.39 is 53.0 Å². The highest BCUT2D eigenvalue weighted by Gasteiger charge is 2.45. The van der Waals surface area contributed by atoms with Crippen LogP contribution in [0.15, 0.2) is 49.1 Å². The van der Waals surface area contributed by atoms with Crippen LogP contribution in [0.1, 0.15) is 68.4 Å². The first kappa shape index (κ1) is 27.5. The van der Waals surface area contributed by atoms with E-state index in [1.54, 1.807) is 0 Å². The predicted octanol–water partition coefficient (Wildman–Crippen LogP) is 8.86. The molecule has 0 aliphatic heterocycles. The standard InChI is InChI=1S/C28H29F7O2/c1-2-17-3-8-20(9-4-17)27(32,33)36-21-10-5-18(6-11-21)19-7-13-23(25(30)15-19)28(34,35)37-22-12-14-24(29)26(31)16-22/h2,7,12-18,20-21H,1,3-6,8-11H2. The second kappa shape index (κ2) is 11.1. The summed E-state index contributed by atoms with van der Waals surface area (Å²) in [5.41, 5.74) is -0.582. The van der Waals surface area contributed by atoms with Crippen LogP contribution in [0.4, 0.5) is 30.7 Å². The third-order valence-corrected chi connectivity index (χ3v) is 7.49. The zero-order valence-electron chi connectivity index (χ0n) is 20.2. The summed E-state index contributed by atoms with van der Waals surface area (Å²) in [6, 6.07) is 5.11. The Bertz CT molecular complexity index is 1090. The zero-order valence-corrected chi connectivity index (χ0v) is 20.2. The molecular formula is C28H29F7O2. The van der Waals surface area contributed by atoms with Crippen molar-refractivity contribution in [2.45, 2.75) is 75.6 Å². The second-order valence-electron chi connectivity index (χ2n) is 9.93. The van der Waals surface area contributed by atoms with Crippen molar-refractivity contribution in [3.63, 3.8) is 0 Å². The van der Waals surface area contributed by atoms with Crippen molar-refractivity contribution in [1.29, 1.82) is 0 Å². The van der Waals surface area contributed by atoms with Gasteiger partial charge in [0.1, 0.15) is 11.6 Å². The number of hydrogen-bond donors (Lipinski definition) is 0. The molecule has 2 aliphatic carbocycles. The summed E-state index contributed by atoms with van der Waals surface area (Å²) in [7, 11) is 0. The van der Waals surface area contributed by atoms with Gasteiger partial charge in [-0.1, -0.05) is 12.1 Å². The third-order valence-electron chi connectivity index (χ3n) is 7.49. The Morgan fingerprint density at radius 3 is 2.03 bits per heavy atom. The highest BCUT2D eigenvalue weighted by Crippen LogP contribution is 2.43. The summed E-state index contributed by atoms with van der Waals surface area (Å²) in [5, 5.41) is 0. The van der Waals surface area contributed by atoms with Crippen molar-refractivity contribution < 1.29 is 40.2 Å². The molecule has 0 saturated heterocycles. The molecule has 9 heteroatoms. The molecule has 2 saturated carbocycles. The summed E-state index contributed by atoms with van der Waals surface area (Å²) >= 11 is 0. The lowest BCUT2D eigenvalue weighted by Gasteiger charge is -2.36. The molecule has 4 rings (SSSR count). The number of benzene rings is 2.